The molecule has 3 aliphatic carbocycles. The molecule has 2 N–H and O–H groups in total. The molecule has 6 nitrogen and oxygen atoms in total. The van der Waals surface area contributed by atoms with Gasteiger partial charge in [0.25, 0.3) is 0 Å². The first-order chi connectivity index (χ1) is 14.3. The van der Waals surface area contributed by atoms with Crippen LogP contribution in [0.4, 0.5) is 0 Å². The highest BCUT2D eigenvalue weighted by molar-refractivity contribution is 5.76. The minimum atomic E-state index is -0.831. The van der Waals surface area contributed by atoms with E-state index in [0.29, 0.717) is 60.9 Å². The first-order valence-corrected chi connectivity index (χ1v) is 12.1. The molecule has 10 atom stereocenters. The maximum Gasteiger partial charge on any atom is 0.310 e. The van der Waals surface area contributed by atoms with E-state index < -0.39 is 17.4 Å². The highest BCUT2D eigenvalue weighted by Crippen LogP contribution is 2.63. The first-order valence-electron chi connectivity index (χ1n) is 12.1. The van der Waals surface area contributed by atoms with E-state index in [0.717, 1.165) is 38.5 Å². The minimum Gasteiger partial charge on any atom is -0.481 e. The van der Waals surface area contributed by atoms with Crippen LogP contribution in [-0.2, 0) is 19.1 Å². The number of carbonyl (C=O) groups is 2. The molecule has 2 saturated heterocycles. The molecule has 3 saturated carbocycles. The smallest absolute Gasteiger partial charge is 0.310 e. The Labute approximate surface area is 178 Å². The van der Waals surface area contributed by atoms with Crippen LogP contribution in [0.5, 0.6) is 0 Å². The van der Waals surface area contributed by atoms with Crippen LogP contribution in [0.15, 0.2) is 0 Å². The van der Waals surface area contributed by atoms with Gasteiger partial charge in [0.1, 0.15) is 0 Å². The lowest BCUT2D eigenvalue weighted by Crippen LogP contribution is -2.49. The molecule has 0 spiro atoms. The number of hydrogen-bond acceptors (Lipinski definition) is 4. The Balaban J connectivity index is 1.46. The van der Waals surface area contributed by atoms with Crippen molar-refractivity contribution in [2.45, 2.75) is 96.1 Å². The van der Waals surface area contributed by atoms with E-state index in [1.807, 2.05) is 0 Å². The van der Waals surface area contributed by atoms with Crippen LogP contribution >= 0.6 is 0 Å². The molecular formula is C24H36O6. The van der Waals surface area contributed by atoms with E-state index in [2.05, 4.69) is 13.8 Å². The van der Waals surface area contributed by atoms with Gasteiger partial charge in [0.2, 0.25) is 0 Å². The number of hydrogen-bond donors (Lipinski definition) is 2. The van der Waals surface area contributed by atoms with Gasteiger partial charge in [-0.3, -0.25) is 9.59 Å². The predicted octanol–water partition coefficient (Wildman–Crippen LogP) is 3.97. The zero-order valence-electron chi connectivity index (χ0n) is 18.2. The highest BCUT2D eigenvalue weighted by atomic mass is 16.6. The fourth-order valence-electron chi connectivity index (χ4n) is 8.06. The molecule has 168 valence electrons. The largest absolute Gasteiger partial charge is 0.481 e. The molecule has 5 aliphatic rings. The summed E-state index contributed by atoms with van der Waals surface area (Å²) in [4.78, 5) is 24.3. The molecule has 5 fully saturated rings. The summed E-state index contributed by atoms with van der Waals surface area (Å²) in [6, 6.07) is 0. The van der Waals surface area contributed by atoms with Crippen LogP contribution in [0.3, 0.4) is 0 Å². The average Bonchev–Trinajstić information content (AvgIpc) is 3.57. The summed E-state index contributed by atoms with van der Waals surface area (Å²) in [7, 11) is 0. The highest BCUT2D eigenvalue weighted by Gasteiger charge is 2.63. The Bertz CT molecular complexity index is 666. The Kier molecular flexibility index (Phi) is 5.17. The normalized spacial score (nSPS) is 51.7. The third-order valence-corrected chi connectivity index (χ3v) is 9.58. The molecule has 0 amide bonds. The standard InChI is InChI=1S/C24H36O6/c1-12-8-18-20(29-18)10-14(12)16-5-6-17(15-11-21-19(30-21)9-13(15)2)24(16,23(27)28)7-3-4-22(25)26/h12-21H,3-11H2,1-2H3,(H,25,26)(H,27,28). The molecule has 30 heavy (non-hydrogen) atoms. The summed E-state index contributed by atoms with van der Waals surface area (Å²) >= 11 is 0. The molecule has 10 unspecified atom stereocenters. The number of rotatable bonds is 7. The van der Waals surface area contributed by atoms with Crippen LogP contribution in [0.1, 0.15) is 71.6 Å². The number of carboxylic acids is 2. The fourth-order valence-corrected chi connectivity index (χ4v) is 8.06. The SMILES string of the molecule is CC1CC2OC2CC1C1CCC(C2CC3OC3CC2C)C1(CCCC(=O)O)C(=O)O. The van der Waals surface area contributed by atoms with Crippen molar-refractivity contribution in [1.29, 1.82) is 0 Å². The monoisotopic (exact) mass is 420 g/mol. The van der Waals surface area contributed by atoms with Crippen LogP contribution in [0, 0.1) is 40.9 Å². The van der Waals surface area contributed by atoms with E-state index in [4.69, 9.17) is 9.47 Å². The summed E-state index contributed by atoms with van der Waals surface area (Å²) in [6.07, 6.45) is 8.36. The van der Waals surface area contributed by atoms with Gasteiger partial charge in [-0.15, -0.1) is 0 Å². The molecule has 0 bridgehead atoms. The van der Waals surface area contributed by atoms with Crippen molar-refractivity contribution in [3.63, 3.8) is 0 Å². The second-order valence-corrected chi connectivity index (χ2v) is 11.0. The van der Waals surface area contributed by atoms with Gasteiger partial charge in [-0.1, -0.05) is 13.8 Å². The molecular weight excluding hydrogens is 384 g/mol. The number of fused-ring (bicyclic) bond motifs is 2. The molecule has 0 radical (unpaired) electrons. The second-order valence-electron chi connectivity index (χ2n) is 11.0. The van der Waals surface area contributed by atoms with Gasteiger partial charge in [-0.2, -0.15) is 0 Å². The summed E-state index contributed by atoms with van der Waals surface area (Å²) < 4.78 is 11.6. The van der Waals surface area contributed by atoms with Gasteiger partial charge < -0.3 is 19.7 Å². The van der Waals surface area contributed by atoms with E-state index in [1.54, 1.807) is 0 Å². The van der Waals surface area contributed by atoms with Crippen molar-refractivity contribution >= 4 is 11.9 Å². The summed E-state index contributed by atoms with van der Waals surface area (Å²) in [5.74, 6) is 0.399. The van der Waals surface area contributed by atoms with Crippen LogP contribution < -0.4 is 0 Å². The first kappa shape index (κ1) is 20.7. The number of ether oxygens (including phenoxy) is 2. The number of carboxylic acid groups (broad SMARTS) is 2. The zero-order chi connectivity index (χ0) is 21.2. The molecule has 5 rings (SSSR count). The number of aliphatic carboxylic acids is 2. The maximum atomic E-state index is 13.1. The van der Waals surface area contributed by atoms with Crippen molar-refractivity contribution in [3.05, 3.63) is 0 Å². The summed E-state index contributed by atoms with van der Waals surface area (Å²) in [6.45, 7) is 4.54. The third-order valence-electron chi connectivity index (χ3n) is 9.58. The van der Waals surface area contributed by atoms with Crippen molar-refractivity contribution in [1.82, 2.24) is 0 Å². The lowest BCUT2D eigenvalue weighted by Gasteiger charge is -2.46. The van der Waals surface area contributed by atoms with Gasteiger partial charge in [0.15, 0.2) is 0 Å². The molecule has 2 aliphatic heterocycles. The summed E-state index contributed by atoms with van der Waals surface area (Å²) in [5.41, 5.74) is -0.809. The lowest BCUT2D eigenvalue weighted by molar-refractivity contribution is -0.161. The van der Waals surface area contributed by atoms with E-state index in [9.17, 15) is 19.8 Å². The fraction of sp³-hybridized carbons (Fsp3) is 0.917. The number of epoxide rings is 2. The Morgan fingerprint density at radius 2 is 1.30 bits per heavy atom. The zero-order valence-corrected chi connectivity index (χ0v) is 18.2. The van der Waals surface area contributed by atoms with E-state index >= 15 is 0 Å². The Morgan fingerprint density at radius 3 is 1.73 bits per heavy atom. The van der Waals surface area contributed by atoms with Gasteiger partial charge >= 0.3 is 11.9 Å². The van der Waals surface area contributed by atoms with Gasteiger partial charge in [0, 0.05) is 6.42 Å². The van der Waals surface area contributed by atoms with Crippen LogP contribution in [0.25, 0.3) is 0 Å². The predicted molar refractivity (Wildman–Crippen MR) is 109 cm³/mol. The summed E-state index contributed by atoms with van der Waals surface area (Å²) in [5, 5.41) is 20.0. The van der Waals surface area contributed by atoms with E-state index in [1.165, 1.54) is 0 Å². The molecule has 2 heterocycles. The minimum absolute atomic E-state index is 0.0521. The van der Waals surface area contributed by atoms with Gasteiger partial charge in [0.05, 0.1) is 29.8 Å². The Morgan fingerprint density at radius 1 is 0.833 bits per heavy atom. The average molecular weight is 421 g/mol. The quantitative estimate of drug-likeness (QED) is 0.605. The van der Waals surface area contributed by atoms with Crippen molar-refractivity contribution in [2.24, 2.45) is 40.9 Å². The van der Waals surface area contributed by atoms with Gasteiger partial charge in [-0.25, -0.2) is 0 Å². The van der Waals surface area contributed by atoms with Crippen molar-refractivity contribution in [3.8, 4) is 0 Å². The van der Waals surface area contributed by atoms with Crippen molar-refractivity contribution in [2.75, 3.05) is 0 Å². The van der Waals surface area contributed by atoms with Crippen LogP contribution in [0.2, 0.25) is 0 Å². The third kappa shape index (κ3) is 3.38. The molecule has 0 aromatic carbocycles. The molecule has 6 heteroatoms. The van der Waals surface area contributed by atoms with E-state index in [-0.39, 0.29) is 18.3 Å². The molecule has 0 aromatic rings. The lowest BCUT2D eigenvalue weighted by atomic mass is 9.56. The Hall–Kier alpha value is -1.14. The maximum absolute atomic E-state index is 13.1. The molecule has 0 aromatic heterocycles. The topological polar surface area (TPSA) is 99.7 Å². The second kappa shape index (κ2) is 7.47. The van der Waals surface area contributed by atoms with Crippen LogP contribution in [-0.4, -0.2) is 46.6 Å². The van der Waals surface area contributed by atoms with Gasteiger partial charge in [-0.05, 0) is 86.9 Å². The van der Waals surface area contributed by atoms with Crippen molar-refractivity contribution < 1.29 is 29.3 Å².